The van der Waals surface area contributed by atoms with Crippen molar-refractivity contribution in [1.82, 2.24) is 14.9 Å². The Morgan fingerprint density at radius 3 is 2.70 bits per heavy atom. The first kappa shape index (κ1) is 18.9. The van der Waals surface area contributed by atoms with Crippen molar-refractivity contribution in [2.24, 2.45) is 5.92 Å². The average Bonchev–Trinajstić information content (AvgIpc) is 3.36. The van der Waals surface area contributed by atoms with Gasteiger partial charge < -0.3 is 5.32 Å². The van der Waals surface area contributed by atoms with Crippen LogP contribution >= 0.6 is 0 Å². The molecule has 0 aromatic heterocycles. The molecular formula is C20H29N3O3S. The van der Waals surface area contributed by atoms with E-state index in [4.69, 9.17) is 0 Å². The van der Waals surface area contributed by atoms with E-state index in [2.05, 4.69) is 14.9 Å². The first-order valence-corrected chi connectivity index (χ1v) is 11.7. The largest absolute Gasteiger partial charge is 0.350 e. The van der Waals surface area contributed by atoms with Crippen LogP contribution < -0.4 is 10.0 Å². The lowest BCUT2D eigenvalue weighted by atomic mass is 9.85. The Labute approximate surface area is 161 Å². The molecule has 0 spiro atoms. The number of carbonyl (C=O) groups excluding carboxylic acids is 1. The summed E-state index contributed by atoms with van der Waals surface area (Å²) in [5.41, 5.74) is 0.504. The first-order valence-electron chi connectivity index (χ1n) is 10.0. The monoisotopic (exact) mass is 391 g/mol. The number of hydrogen-bond acceptors (Lipinski definition) is 4. The summed E-state index contributed by atoms with van der Waals surface area (Å²) in [6.45, 7) is 2.00. The van der Waals surface area contributed by atoms with Crippen LogP contribution in [0.15, 0.2) is 30.3 Å². The molecule has 7 heteroatoms. The summed E-state index contributed by atoms with van der Waals surface area (Å²) in [5, 5.41) is 3.10. The Hall–Kier alpha value is -1.44. The number of sulfonamides is 1. The summed E-state index contributed by atoms with van der Waals surface area (Å²) in [6, 6.07) is 9.72. The normalized spacial score (nSPS) is 28.7. The number of nitrogens with one attached hydrogen (secondary N) is 2. The maximum absolute atomic E-state index is 13.1. The van der Waals surface area contributed by atoms with Gasteiger partial charge in [-0.15, -0.1) is 0 Å². The Bertz CT molecular complexity index is 779. The number of amides is 1. The van der Waals surface area contributed by atoms with Crippen molar-refractivity contribution in [3.8, 4) is 0 Å². The molecule has 3 fully saturated rings. The molecule has 0 radical (unpaired) electrons. The molecule has 1 saturated carbocycles. The van der Waals surface area contributed by atoms with E-state index in [1.807, 2.05) is 30.3 Å². The number of benzene rings is 1. The second-order valence-corrected chi connectivity index (χ2v) is 10.1. The van der Waals surface area contributed by atoms with Crippen LogP contribution in [0.25, 0.3) is 0 Å². The number of fused-ring (bicyclic) bond motifs is 1. The molecular weight excluding hydrogens is 362 g/mol. The highest BCUT2D eigenvalue weighted by molar-refractivity contribution is 7.89. The molecule has 2 N–H and O–H groups in total. The highest BCUT2D eigenvalue weighted by Gasteiger charge is 2.52. The maximum Gasteiger partial charge on any atom is 0.240 e. The highest BCUT2D eigenvalue weighted by Crippen LogP contribution is 2.38. The van der Waals surface area contributed by atoms with Crippen molar-refractivity contribution < 1.29 is 13.2 Å². The molecule has 2 aliphatic heterocycles. The van der Waals surface area contributed by atoms with Gasteiger partial charge in [0.15, 0.2) is 0 Å². The predicted octanol–water partition coefficient (Wildman–Crippen LogP) is 1.63. The summed E-state index contributed by atoms with van der Waals surface area (Å²) < 4.78 is 27.7. The second-order valence-electron chi connectivity index (χ2n) is 8.35. The molecule has 2 atom stereocenters. The minimum Gasteiger partial charge on any atom is -0.350 e. The van der Waals surface area contributed by atoms with Gasteiger partial charge in [0.05, 0.1) is 5.75 Å². The van der Waals surface area contributed by atoms with Gasteiger partial charge in [-0.25, -0.2) is 13.1 Å². The van der Waals surface area contributed by atoms with Crippen LogP contribution in [0.2, 0.25) is 0 Å². The lowest BCUT2D eigenvalue weighted by Gasteiger charge is -2.40. The fourth-order valence-electron chi connectivity index (χ4n) is 4.60. The minimum absolute atomic E-state index is 0.0370. The SMILES string of the molecule is O=C(NCc1ccccc1)[C@@]12CCCCN1C[C@@H](NS(=O)(=O)CC1CC1)C2. The van der Waals surface area contributed by atoms with Crippen LogP contribution in [-0.2, 0) is 21.4 Å². The Morgan fingerprint density at radius 2 is 1.96 bits per heavy atom. The zero-order chi connectivity index (χ0) is 18.9. The van der Waals surface area contributed by atoms with Gasteiger partial charge >= 0.3 is 0 Å². The molecule has 148 valence electrons. The van der Waals surface area contributed by atoms with Gasteiger partial charge in [-0.1, -0.05) is 30.3 Å². The molecule has 1 aromatic carbocycles. The van der Waals surface area contributed by atoms with Gasteiger partial charge in [0.1, 0.15) is 5.54 Å². The van der Waals surface area contributed by atoms with Gasteiger partial charge in [0.2, 0.25) is 15.9 Å². The Morgan fingerprint density at radius 1 is 1.19 bits per heavy atom. The zero-order valence-electron chi connectivity index (χ0n) is 15.7. The maximum atomic E-state index is 13.1. The number of nitrogens with zero attached hydrogens (tertiary/aromatic N) is 1. The summed E-state index contributed by atoms with van der Waals surface area (Å²) in [7, 11) is -3.26. The van der Waals surface area contributed by atoms with Crippen molar-refractivity contribution in [3.05, 3.63) is 35.9 Å². The molecule has 2 heterocycles. The number of piperidine rings is 1. The molecule has 0 unspecified atom stereocenters. The molecule has 6 nitrogen and oxygen atoms in total. The van der Waals surface area contributed by atoms with E-state index in [-0.39, 0.29) is 17.7 Å². The molecule has 2 saturated heterocycles. The van der Waals surface area contributed by atoms with Crippen molar-refractivity contribution >= 4 is 15.9 Å². The fourth-order valence-corrected chi connectivity index (χ4v) is 6.31. The smallest absolute Gasteiger partial charge is 0.240 e. The summed E-state index contributed by atoms with van der Waals surface area (Å²) in [4.78, 5) is 15.4. The molecule has 27 heavy (non-hydrogen) atoms. The Kier molecular flexibility index (Phi) is 5.27. The van der Waals surface area contributed by atoms with E-state index in [9.17, 15) is 13.2 Å². The van der Waals surface area contributed by atoms with Gasteiger partial charge in [-0.2, -0.15) is 0 Å². The number of hydrogen-bond donors (Lipinski definition) is 2. The second kappa shape index (κ2) is 7.53. The number of carbonyl (C=O) groups is 1. The van der Waals surface area contributed by atoms with E-state index in [1.54, 1.807) is 0 Å². The van der Waals surface area contributed by atoms with Crippen LogP contribution in [0.3, 0.4) is 0 Å². The van der Waals surface area contributed by atoms with Gasteiger partial charge in [-0.3, -0.25) is 9.69 Å². The van der Waals surface area contributed by atoms with E-state index in [0.29, 0.717) is 25.4 Å². The quantitative estimate of drug-likeness (QED) is 0.741. The minimum atomic E-state index is -3.26. The Balaban J connectivity index is 1.43. The highest BCUT2D eigenvalue weighted by atomic mass is 32.2. The standard InChI is InChI=1S/C20H29N3O3S/c24-19(21-13-16-6-2-1-3-7-16)20-10-4-5-11-23(20)14-18(12-20)22-27(25,26)15-17-8-9-17/h1-3,6-7,17-18,22H,4-5,8-15H2,(H,21,24)/t18-,20-/m0/s1. The molecule has 1 aromatic rings. The van der Waals surface area contributed by atoms with Gasteiger partial charge in [-0.05, 0) is 56.6 Å². The third-order valence-electron chi connectivity index (χ3n) is 6.12. The van der Waals surface area contributed by atoms with Crippen LogP contribution in [-0.4, -0.2) is 49.6 Å². The average molecular weight is 392 g/mol. The third-order valence-corrected chi connectivity index (χ3v) is 7.72. The molecule has 1 amide bonds. The summed E-state index contributed by atoms with van der Waals surface area (Å²) >= 11 is 0. The van der Waals surface area contributed by atoms with Crippen molar-refractivity contribution in [2.75, 3.05) is 18.8 Å². The van der Waals surface area contributed by atoms with Gasteiger partial charge in [0, 0.05) is 19.1 Å². The van der Waals surface area contributed by atoms with E-state index < -0.39 is 15.6 Å². The van der Waals surface area contributed by atoms with E-state index in [0.717, 1.165) is 44.2 Å². The lowest BCUT2D eigenvalue weighted by molar-refractivity contribution is -0.134. The van der Waals surface area contributed by atoms with Crippen LogP contribution in [0.4, 0.5) is 0 Å². The molecule has 3 aliphatic rings. The molecule has 0 bridgehead atoms. The zero-order valence-corrected chi connectivity index (χ0v) is 16.5. The van der Waals surface area contributed by atoms with E-state index in [1.165, 1.54) is 0 Å². The summed E-state index contributed by atoms with van der Waals surface area (Å²) in [5.74, 6) is 0.598. The summed E-state index contributed by atoms with van der Waals surface area (Å²) in [6.07, 6.45) is 5.48. The van der Waals surface area contributed by atoms with Crippen molar-refractivity contribution in [3.63, 3.8) is 0 Å². The number of rotatable bonds is 7. The predicted molar refractivity (Wildman–Crippen MR) is 104 cm³/mol. The van der Waals surface area contributed by atoms with Crippen molar-refractivity contribution in [2.45, 2.75) is 56.7 Å². The molecule has 1 aliphatic carbocycles. The van der Waals surface area contributed by atoms with Crippen LogP contribution in [0.1, 0.15) is 44.1 Å². The van der Waals surface area contributed by atoms with Crippen LogP contribution in [0.5, 0.6) is 0 Å². The lowest BCUT2D eigenvalue weighted by Crippen LogP contribution is -2.57. The van der Waals surface area contributed by atoms with Crippen LogP contribution in [0, 0.1) is 5.92 Å². The van der Waals surface area contributed by atoms with Crippen molar-refractivity contribution in [1.29, 1.82) is 0 Å². The van der Waals surface area contributed by atoms with E-state index >= 15 is 0 Å². The van der Waals surface area contributed by atoms with Gasteiger partial charge in [0.25, 0.3) is 0 Å². The fraction of sp³-hybridized carbons (Fsp3) is 0.650. The third kappa shape index (κ3) is 4.36. The molecule has 4 rings (SSSR count). The topological polar surface area (TPSA) is 78.5 Å². The first-order chi connectivity index (χ1) is 13.0.